The molecule has 110 valence electrons. The summed E-state index contributed by atoms with van der Waals surface area (Å²) in [6.45, 7) is 5.37. The number of aryl methyl sites for hydroxylation is 1. The van der Waals surface area contributed by atoms with Crippen molar-refractivity contribution in [1.82, 2.24) is 4.98 Å². The lowest BCUT2D eigenvalue weighted by atomic mass is 10.1. The Balaban J connectivity index is 2.53. The van der Waals surface area contributed by atoms with E-state index >= 15 is 0 Å². The number of ketones is 1. The fourth-order valence-corrected chi connectivity index (χ4v) is 3.61. The highest BCUT2D eigenvalue weighted by atomic mass is 79.9. The Morgan fingerprint density at radius 1 is 1.38 bits per heavy atom. The highest BCUT2D eigenvalue weighted by Gasteiger charge is 2.23. The summed E-state index contributed by atoms with van der Waals surface area (Å²) in [5, 5.41) is 0.620. The highest BCUT2D eigenvalue weighted by Crippen LogP contribution is 2.34. The minimum Gasteiger partial charge on any atom is -0.461 e. The summed E-state index contributed by atoms with van der Waals surface area (Å²) in [6, 6.07) is 5.84. The van der Waals surface area contributed by atoms with Crippen LogP contribution in [0.4, 0.5) is 0 Å². The molecule has 0 bridgehead atoms. The standard InChI is InChI=1S/C15H14BrNO3S/c1-4-20-15(19)12-13(9(3)18)21-14(17-12)10-6-5-8(2)7-11(10)16/h5-7H,4H2,1-3H3. The first-order valence-electron chi connectivity index (χ1n) is 6.39. The van der Waals surface area contributed by atoms with E-state index in [2.05, 4.69) is 20.9 Å². The molecule has 0 saturated carbocycles. The number of carbonyl (C=O) groups excluding carboxylic acids is 2. The number of Topliss-reactive ketones (excluding diaryl/α,β-unsaturated/α-hetero) is 1. The van der Waals surface area contributed by atoms with E-state index in [1.165, 1.54) is 18.3 Å². The Hall–Kier alpha value is -1.53. The van der Waals surface area contributed by atoms with Crippen LogP contribution in [0.1, 0.15) is 39.6 Å². The van der Waals surface area contributed by atoms with Crippen molar-refractivity contribution in [3.63, 3.8) is 0 Å². The average Bonchev–Trinajstić information content (AvgIpc) is 2.84. The van der Waals surface area contributed by atoms with Crippen LogP contribution in [0.2, 0.25) is 0 Å². The summed E-state index contributed by atoms with van der Waals surface area (Å²) in [5.41, 5.74) is 2.06. The van der Waals surface area contributed by atoms with E-state index in [0.29, 0.717) is 9.88 Å². The molecule has 0 spiro atoms. The van der Waals surface area contributed by atoms with Crippen LogP contribution in [0.15, 0.2) is 22.7 Å². The second-order valence-corrected chi connectivity index (χ2v) is 6.31. The van der Waals surface area contributed by atoms with Gasteiger partial charge in [0.05, 0.1) is 6.61 Å². The number of hydrogen-bond donors (Lipinski definition) is 0. The Kier molecular flexibility index (Phi) is 4.90. The SMILES string of the molecule is CCOC(=O)c1nc(-c2ccc(C)cc2Br)sc1C(C)=O. The van der Waals surface area contributed by atoms with Gasteiger partial charge >= 0.3 is 5.97 Å². The Morgan fingerprint density at radius 3 is 2.67 bits per heavy atom. The van der Waals surface area contributed by atoms with Gasteiger partial charge in [-0.3, -0.25) is 4.79 Å². The van der Waals surface area contributed by atoms with E-state index < -0.39 is 5.97 Å². The molecular weight excluding hydrogens is 354 g/mol. The Bertz CT molecular complexity index is 709. The summed E-state index contributed by atoms with van der Waals surface area (Å²) in [6.07, 6.45) is 0. The van der Waals surface area contributed by atoms with E-state index in [-0.39, 0.29) is 18.1 Å². The molecular formula is C15H14BrNO3S. The molecule has 0 saturated heterocycles. The number of benzene rings is 1. The minimum atomic E-state index is -0.562. The molecule has 0 aliphatic carbocycles. The van der Waals surface area contributed by atoms with Gasteiger partial charge in [-0.05, 0) is 25.5 Å². The van der Waals surface area contributed by atoms with Crippen LogP contribution in [0, 0.1) is 6.92 Å². The van der Waals surface area contributed by atoms with Gasteiger partial charge in [0.2, 0.25) is 0 Å². The maximum absolute atomic E-state index is 11.9. The van der Waals surface area contributed by atoms with Gasteiger partial charge in [-0.15, -0.1) is 11.3 Å². The molecule has 1 aromatic heterocycles. The van der Waals surface area contributed by atoms with Gasteiger partial charge in [0.15, 0.2) is 11.5 Å². The number of rotatable bonds is 4. The topological polar surface area (TPSA) is 56.3 Å². The van der Waals surface area contributed by atoms with E-state index in [1.54, 1.807) is 6.92 Å². The summed E-state index contributed by atoms with van der Waals surface area (Å²) < 4.78 is 5.84. The smallest absolute Gasteiger partial charge is 0.358 e. The number of ether oxygens (including phenoxy) is 1. The summed E-state index contributed by atoms with van der Waals surface area (Å²) >= 11 is 4.69. The lowest BCUT2D eigenvalue weighted by Crippen LogP contribution is -2.09. The van der Waals surface area contributed by atoms with Crippen molar-refractivity contribution < 1.29 is 14.3 Å². The molecule has 0 atom stereocenters. The van der Waals surface area contributed by atoms with E-state index in [0.717, 1.165) is 15.6 Å². The van der Waals surface area contributed by atoms with Gasteiger partial charge in [-0.2, -0.15) is 0 Å². The van der Waals surface area contributed by atoms with Crippen molar-refractivity contribution in [2.45, 2.75) is 20.8 Å². The van der Waals surface area contributed by atoms with E-state index in [1.807, 2.05) is 25.1 Å². The van der Waals surface area contributed by atoms with Crippen molar-refractivity contribution in [3.8, 4) is 10.6 Å². The first-order chi connectivity index (χ1) is 9.93. The molecule has 0 radical (unpaired) electrons. The summed E-state index contributed by atoms with van der Waals surface area (Å²) in [5.74, 6) is -0.751. The molecule has 0 aliphatic heterocycles. The van der Waals surface area contributed by atoms with E-state index in [4.69, 9.17) is 4.74 Å². The number of aromatic nitrogens is 1. The van der Waals surface area contributed by atoms with E-state index in [9.17, 15) is 9.59 Å². The number of halogens is 1. The lowest BCUT2D eigenvalue weighted by molar-refractivity contribution is 0.0517. The third kappa shape index (κ3) is 3.39. The zero-order valence-electron chi connectivity index (χ0n) is 11.9. The van der Waals surface area contributed by atoms with Crippen LogP contribution in [-0.2, 0) is 4.74 Å². The van der Waals surface area contributed by atoms with Crippen molar-refractivity contribution in [3.05, 3.63) is 38.8 Å². The fourth-order valence-electron chi connectivity index (χ4n) is 1.81. The zero-order chi connectivity index (χ0) is 15.6. The van der Waals surface area contributed by atoms with Crippen molar-refractivity contribution in [1.29, 1.82) is 0 Å². The molecule has 0 amide bonds. The predicted octanol–water partition coefficient (Wildman–Crippen LogP) is 4.26. The van der Waals surface area contributed by atoms with Crippen molar-refractivity contribution in [2.75, 3.05) is 6.61 Å². The molecule has 21 heavy (non-hydrogen) atoms. The minimum absolute atomic E-state index is 0.0943. The maximum atomic E-state index is 11.9. The van der Waals surface area contributed by atoms with Crippen LogP contribution in [0.3, 0.4) is 0 Å². The molecule has 2 rings (SSSR count). The third-order valence-electron chi connectivity index (χ3n) is 2.77. The van der Waals surface area contributed by atoms with Gasteiger partial charge in [0.1, 0.15) is 9.88 Å². The first-order valence-corrected chi connectivity index (χ1v) is 8.00. The number of thiazole rings is 1. The van der Waals surface area contributed by atoms with Gasteiger partial charge in [-0.1, -0.05) is 28.1 Å². The van der Waals surface area contributed by atoms with Crippen LogP contribution >= 0.6 is 27.3 Å². The molecule has 0 fully saturated rings. The van der Waals surface area contributed by atoms with Gasteiger partial charge in [0, 0.05) is 17.0 Å². The van der Waals surface area contributed by atoms with Gasteiger partial charge in [0.25, 0.3) is 0 Å². The van der Waals surface area contributed by atoms with Crippen LogP contribution in [-0.4, -0.2) is 23.3 Å². The average molecular weight is 368 g/mol. The molecule has 4 nitrogen and oxygen atoms in total. The highest BCUT2D eigenvalue weighted by molar-refractivity contribution is 9.10. The predicted molar refractivity (Wildman–Crippen MR) is 85.9 cm³/mol. The third-order valence-corrected chi connectivity index (χ3v) is 4.62. The number of carbonyl (C=O) groups is 2. The number of esters is 1. The summed E-state index contributed by atoms with van der Waals surface area (Å²) in [7, 11) is 0. The molecule has 1 aromatic carbocycles. The molecule has 0 aliphatic rings. The Labute approximate surface area is 135 Å². The molecule has 6 heteroatoms. The second-order valence-electron chi connectivity index (χ2n) is 4.46. The Morgan fingerprint density at radius 2 is 2.10 bits per heavy atom. The largest absolute Gasteiger partial charge is 0.461 e. The van der Waals surface area contributed by atoms with Crippen LogP contribution < -0.4 is 0 Å². The van der Waals surface area contributed by atoms with Crippen molar-refractivity contribution >= 4 is 39.0 Å². The first kappa shape index (κ1) is 15.9. The van der Waals surface area contributed by atoms with Gasteiger partial charge in [-0.25, -0.2) is 9.78 Å². The quantitative estimate of drug-likeness (QED) is 0.598. The lowest BCUT2D eigenvalue weighted by Gasteiger charge is -2.01. The monoisotopic (exact) mass is 367 g/mol. The van der Waals surface area contributed by atoms with Crippen LogP contribution in [0.5, 0.6) is 0 Å². The van der Waals surface area contributed by atoms with Gasteiger partial charge < -0.3 is 4.74 Å². The van der Waals surface area contributed by atoms with Crippen molar-refractivity contribution in [2.24, 2.45) is 0 Å². The second kappa shape index (κ2) is 6.49. The fraction of sp³-hybridized carbons (Fsp3) is 0.267. The molecule has 0 N–H and O–H groups in total. The zero-order valence-corrected chi connectivity index (χ0v) is 14.3. The van der Waals surface area contributed by atoms with Crippen LogP contribution in [0.25, 0.3) is 10.6 Å². The normalized spacial score (nSPS) is 10.5. The molecule has 1 heterocycles. The number of nitrogens with zero attached hydrogens (tertiary/aromatic N) is 1. The summed E-state index contributed by atoms with van der Waals surface area (Å²) in [4.78, 5) is 28.3. The maximum Gasteiger partial charge on any atom is 0.358 e. The molecule has 2 aromatic rings. The molecule has 0 unspecified atom stereocenters. The number of hydrogen-bond acceptors (Lipinski definition) is 5.